The largest absolute Gasteiger partial charge is 0.392 e. The highest BCUT2D eigenvalue weighted by Crippen LogP contribution is 2.09. The van der Waals surface area contributed by atoms with E-state index in [1.54, 1.807) is 13.1 Å². The summed E-state index contributed by atoms with van der Waals surface area (Å²) in [5.74, 6) is -0.408. The zero-order chi connectivity index (χ0) is 12.1. The Balaban J connectivity index is 2.60. The molecule has 0 aliphatic rings. The van der Waals surface area contributed by atoms with Gasteiger partial charge in [0.25, 0.3) is 0 Å². The van der Waals surface area contributed by atoms with Crippen molar-refractivity contribution in [2.24, 2.45) is 5.73 Å². The first kappa shape index (κ1) is 12.4. The van der Waals surface area contributed by atoms with Crippen LogP contribution in [0.1, 0.15) is 0 Å². The summed E-state index contributed by atoms with van der Waals surface area (Å²) in [7, 11) is 1.55. The van der Waals surface area contributed by atoms with Crippen molar-refractivity contribution >= 4 is 28.9 Å². The molecule has 6 heteroatoms. The summed E-state index contributed by atoms with van der Waals surface area (Å²) in [4.78, 5) is 13.1. The number of urea groups is 1. The van der Waals surface area contributed by atoms with E-state index < -0.39 is 11.8 Å². The van der Waals surface area contributed by atoms with Crippen molar-refractivity contribution in [3.05, 3.63) is 30.1 Å². The molecule has 16 heavy (non-hydrogen) atoms. The number of nitrogens with one attached hydrogen (secondary N) is 1. The van der Waals surface area contributed by atoms with Crippen molar-refractivity contribution in [2.75, 3.05) is 18.9 Å². The highest BCUT2D eigenvalue weighted by molar-refractivity contribution is 7.80. The molecular weight excluding hydrogens is 229 g/mol. The number of nitrogens with two attached hydrogens (primary N) is 1. The first-order valence-electron chi connectivity index (χ1n) is 4.55. The molecule has 0 fully saturated rings. The minimum atomic E-state index is -0.408. The fraction of sp³-hybridized carbons (Fsp3) is 0.200. The molecule has 3 N–H and O–H groups in total. The number of rotatable bonds is 3. The maximum Gasteiger partial charge on any atom is 0.321 e. The van der Waals surface area contributed by atoms with Crippen molar-refractivity contribution in [3.63, 3.8) is 0 Å². The van der Waals surface area contributed by atoms with Crippen molar-refractivity contribution in [1.82, 2.24) is 4.90 Å². The SMILES string of the molecule is CN(CC(N)=S)C(=O)Nc1cccc(F)c1. The summed E-state index contributed by atoms with van der Waals surface area (Å²) >= 11 is 4.67. The van der Waals surface area contributed by atoms with E-state index in [0.29, 0.717) is 5.69 Å². The Hall–Kier alpha value is -1.69. The normalized spacial score (nSPS) is 9.62. The Morgan fingerprint density at radius 2 is 2.31 bits per heavy atom. The lowest BCUT2D eigenvalue weighted by atomic mass is 10.3. The van der Waals surface area contributed by atoms with Gasteiger partial charge < -0.3 is 16.0 Å². The number of nitrogens with zero attached hydrogens (tertiary/aromatic N) is 1. The first-order valence-corrected chi connectivity index (χ1v) is 4.96. The standard InChI is InChI=1S/C10H12FN3OS/c1-14(6-9(12)16)10(15)13-8-4-2-3-7(11)5-8/h2-5H,6H2,1H3,(H2,12,16)(H,13,15). The highest BCUT2D eigenvalue weighted by atomic mass is 32.1. The van der Waals surface area contributed by atoms with Crippen LogP contribution in [0, 0.1) is 5.82 Å². The second-order valence-corrected chi connectivity index (χ2v) is 3.79. The van der Waals surface area contributed by atoms with Crippen LogP contribution in [0.2, 0.25) is 0 Å². The van der Waals surface area contributed by atoms with Gasteiger partial charge in [-0.05, 0) is 18.2 Å². The van der Waals surface area contributed by atoms with Gasteiger partial charge in [0.2, 0.25) is 0 Å². The van der Waals surface area contributed by atoms with Crippen LogP contribution in [0.5, 0.6) is 0 Å². The van der Waals surface area contributed by atoms with E-state index in [9.17, 15) is 9.18 Å². The fourth-order valence-electron chi connectivity index (χ4n) is 1.09. The van der Waals surface area contributed by atoms with Gasteiger partial charge in [-0.1, -0.05) is 18.3 Å². The van der Waals surface area contributed by atoms with E-state index in [-0.39, 0.29) is 11.5 Å². The van der Waals surface area contributed by atoms with Gasteiger partial charge in [-0.3, -0.25) is 0 Å². The van der Waals surface area contributed by atoms with Crippen molar-refractivity contribution < 1.29 is 9.18 Å². The minimum absolute atomic E-state index is 0.177. The number of carbonyl (C=O) groups is 1. The average Bonchev–Trinajstić information content (AvgIpc) is 2.16. The number of thiocarbonyl (C=S) groups is 1. The van der Waals surface area contributed by atoms with Gasteiger partial charge in [0, 0.05) is 12.7 Å². The molecule has 0 saturated carbocycles. The maximum absolute atomic E-state index is 12.8. The van der Waals surface area contributed by atoms with Crippen molar-refractivity contribution in [1.29, 1.82) is 0 Å². The first-order chi connectivity index (χ1) is 7.49. The number of benzene rings is 1. The minimum Gasteiger partial charge on any atom is -0.392 e. The van der Waals surface area contributed by atoms with Gasteiger partial charge in [-0.25, -0.2) is 9.18 Å². The van der Waals surface area contributed by atoms with Gasteiger partial charge in [0.05, 0.1) is 11.5 Å². The number of hydrogen-bond acceptors (Lipinski definition) is 2. The molecule has 0 atom stereocenters. The zero-order valence-electron chi connectivity index (χ0n) is 8.74. The van der Waals surface area contributed by atoms with E-state index >= 15 is 0 Å². The zero-order valence-corrected chi connectivity index (χ0v) is 9.55. The lowest BCUT2D eigenvalue weighted by Crippen LogP contribution is -2.37. The summed E-state index contributed by atoms with van der Waals surface area (Å²) < 4.78 is 12.8. The summed E-state index contributed by atoms with van der Waals surface area (Å²) in [6.45, 7) is 0.177. The molecule has 0 aliphatic carbocycles. The predicted octanol–water partition coefficient (Wildman–Crippen LogP) is 1.58. The van der Waals surface area contributed by atoms with Crippen LogP contribution in [-0.4, -0.2) is 29.5 Å². The molecule has 0 saturated heterocycles. The van der Waals surface area contributed by atoms with Crippen molar-refractivity contribution in [3.8, 4) is 0 Å². The quantitative estimate of drug-likeness (QED) is 0.790. The van der Waals surface area contributed by atoms with Gasteiger partial charge >= 0.3 is 6.03 Å². The second kappa shape index (κ2) is 5.41. The second-order valence-electron chi connectivity index (χ2n) is 3.26. The molecule has 86 valence electrons. The molecule has 0 heterocycles. The fourth-order valence-corrected chi connectivity index (χ4v) is 1.28. The third-order valence-corrected chi connectivity index (χ3v) is 1.94. The molecule has 2 amide bonds. The summed E-state index contributed by atoms with van der Waals surface area (Å²) in [5, 5.41) is 2.52. The third kappa shape index (κ3) is 3.82. The molecule has 0 radical (unpaired) electrons. The number of amides is 2. The highest BCUT2D eigenvalue weighted by Gasteiger charge is 2.09. The van der Waals surface area contributed by atoms with Crippen LogP contribution in [-0.2, 0) is 0 Å². The van der Waals surface area contributed by atoms with Crippen LogP contribution in [0.4, 0.5) is 14.9 Å². The van der Waals surface area contributed by atoms with Crippen LogP contribution >= 0.6 is 12.2 Å². The maximum atomic E-state index is 12.8. The smallest absolute Gasteiger partial charge is 0.321 e. The van der Waals surface area contributed by atoms with E-state index in [2.05, 4.69) is 17.5 Å². The Morgan fingerprint density at radius 3 is 2.88 bits per heavy atom. The average molecular weight is 241 g/mol. The topological polar surface area (TPSA) is 58.4 Å². The number of carbonyl (C=O) groups excluding carboxylic acids is 1. The molecule has 0 unspecified atom stereocenters. The van der Waals surface area contributed by atoms with E-state index in [1.807, 2.05) is 0 Å². The summed E-state index contributed by atoms with van der Waals surface area (Å²) in [5.41, 5.74) is 5.69. The number of hydrogen-bond donors (Lipinski definition) is 2. The molecule has 4 nitrogen and oxygen atoms in total. The van der Waals surface area contributed by atoms with Gasteiger partial charge in [-0.15, -0.1) is 0 Å². The predicted molar refractivity (Wildman–Crippen MR) is 64.8 cm³/mol. The van der Waals surface area contributed by atoms with Gasteiger partial charge in [0.15, 0.2) is 0 Å². The summed E-state index contributed by atoms with van der Waals surface area (Å²) in [6.07, 6.45) is 0. The Labute approximate surface area is 98.2 Å². The number of anilines is 1. The van der Waals surface area contributed by atoms with Crippen LogP contribution in [0.15, 0.2) is 24.3 Å². The van der Waals surface area contributed by atoms with Crippen LogP contribution < -0.4 is 11.1 Å². The number of halogens is 1. The molecular formula is C10H12FN3OS. The molecule has 0 spiro atoms. The molecule has 1 aromatic carbocycles. The van der Waals surface area contributed by atoms with Crippen molar-refractivity contribution in [2.45, 2.75) is 0 Å². The molecule has 1 aromatic rings. The lowest BCUT2D eigenvalue weighted by molar-refractivity contribution is 0.228. The molecule has 1 rings (SSSR count). The number of likely N-dealkylation sites (N-methyl/N-ethyl adjacent to an activating group) is 1. The Kier molecular flexibility index (Phi) is 4.19. The van der Waals surface area contributed by atoms with E-state index in [0.717, 1.165) is 0 Å². The Morgan fingerprint density at radius 1 is 1.62 bits per heavy atom. The van der Waals surface area contributed by atoms with E-state index in [1.165, 1.54) is 23.1 Å². The van der Waals surface area contributed by atoms with Gasteiger partial charge in [-0.2, -0.15) is 0 Å². The Bertz CT molecular complexity index is 411. The molecule has 0 aromatic heterocycles. The molecule has 0 aliphatic heterocycles. The van der Waals surface area contributed by atoms with Crippen LogP contribution in [0.3, 0.4) is 0 Å². The van der Waals surface area contributed by atoms with Gasteiger partial charge in [0.1, 0.15) is 5.82 Å². The molecule has 0 bridgehead atoms. The van der Waals surface area contributed by atoms with E-state index in [4.69, 9.17) is 5.73 Å². The third-order valence-electron chi connectivity index (χ3n) is 1.82. The van der Waals surface area contributed by atoms with Crippen LogP contribution in [0.25, 0.3) is 0 Å². The lowest BCUT2D eigenvalue weighted by Gasteiger charge is -2.16. The summed E-state index contributed by atoms with van der Waals surface area (Å²) in [6, 6.07) is 5.24. The monoisotopic (exact) mass is 241 g/mol.